The van der Waals surface area contributed by atoms with E-state index in [2.05, 4.69) is 87.3 Å². The summed E-state index contributed by atoms with van der Waals surface area (Å²) in [5, 5.41) is 9.24. The summed E-state index contributed by atoms with van der Waals surface area (Å²) in [6, 6.07) is 24.9. The number of ether oxygens (including phenoxy) is 2. The van der Waals surface area contributed by atoms with E-state index in [9.17, 15) is 5.26 Å². The molecule has 5 nitrogen and oxygen atoms in total. The van der Waals surface area contributed by atoms with Crippen LogP contribution in [0.2, 0.25) is 0 Å². The highest BCUT2D eigenvalue weighted by Gasteiger charge is 2.17. The van der Waals surface area contributed by atoms with E-state index in [4.69, 9.17) is 9.47 Å². The number of pyridine rings is 1. The average molecular weight is 583 g/mol. The highest BCUT2D eigenvalue weighted by molar-refractivity contribution is 9.10. The zero-order valence-corrected chi connectivity index (χ0v) is 23.8. The van der Waals surface area contributed by atoms with Crippen molar-refractivity contribution in [2.45, 2.75) is 45.9 Å². The van der Waals surface area contributed by atoms with Crippen LogP contribution >= 0.6 is 15.9 Å². The molecule has 0 radical (unpaired) electrons. The van der Waals surface area contributed by atoms with Gasteiger partial charge < -0.3 is 9.47 Å². The molecule has 3 aromatic carbocycles. The van der Waals surface area contributed by atoms with Crippen LogP contribution in [0.5, 0.6) is 11.5 Å². The summed E-state index contributed by atoms with van der Waals surface area (Å²) in [5.74, 6) is 1.52. The maximum Gasteiger partial charge on any atom is 0.137 e. The van der Waals surface area contributed by atoms with Gasteiger partial charge in [0.2, 0.25) is 0 Å². The number of hydrogen-bond acceptors (Lipinski definition) is 5. The van der Waals surface area contributed by atoms with Crippen LogP contribution in [0.1, 0.15) is 47.1 Å². The second-order valence-electron chi connectivity index (χ2n) is 9.95. The molecular weight excluding hydrogens is 550 g/mol. The Labute approximate surface area is 239 Å². The lowest BCUT2D eigenvalue weighted by molar-refractivity contribution is 0.214. The number of nitriles is 1. The maximum atomic E-state index is 9.24. The molecule has 0 saturated carbocycles. The fourth-order valence-corrected chi connectivity index (χ4v) is 5.52. The molecule has 0 spiro atoms. The topological polar surface area (TPSA) is 58.4 Å². The number of halogens is 1. The van der Waals surface area contributed by atoms with Crippen molar-refractivity contribution in [3.63, 3.8) is 0 Å². The van der Waals surface area contributed by atoms with Crippen molar-refractivity contribution < 1.29 is 9.47 Å². The summed E-state index contributed by atoms with van der Waals surface area (Å²) in [6.07, 6.45) is 7.05. The summed E-state index contributed by atoms with van der Waals surface area (Å²) in [6.45, 7) is 5.94. The van der Waals surface area contributed by atoms with E-state index < -0.39 is 0 Å². The SMILES string of the molecule is Cc1c(COc2cc(OCc3cncc(C#N)c3)c(CN3CCCCC3)cc2Br)cccc1-c1ccccc1. The molecule has 1 aliphatic rings. The lowest BCUT2D eigenvalue weighted by Gasteiger charge is -2.27. The first kappa shape index (κ1) is 26.9. The molecule has 39 heavy (non-hydrogen) atoms. The molecule has 5 rings (SSSR count). The van der Waals surface area contributed by atoms with E-state index in [-0.39, 0.29) is 0 Å². The number of likely N-dealkylation sites (tertiary alicyclic amines) is 1. The first-order valence-corrected chi connectivity index (χ1v) is 14.2. The second kappa shape index (κ2) is 12.9. The maximum absolute atomic E-state index is 9.24. The third-order valence-corrected chi connectivity index (χ3v) is 7.81. The van der Waals surface area contributed by atoms with E-state index >= 15 is 0 Å². The summed E-state index contributed by atoms with van der Waals surface area (Å²) < 4.78 is 13.6. The van der Waals surface area contributed by atoms with Crippen molar-refractivity contribution in [2.24, 2.45) is 0 Å². The number of nitrogens with zero attached hydrogens (tertiary/aromatic N) is 3. The van der Waals surface area contributed by atoms with Crippen LogP contribution in [0.3, 0.4) is 0 Å². The first-order valence-electron chi connectivity index (χ1n) is 13.4. The first-order chi connectivity index (χ1) is 19.1. The Morgan fingerprint density at radius 2 is 1.67 bits per heavy atom. The van der Waals surface area contributed by atoms with Gasteiger partial charge in [-0.2, -0.15) is 5.26 Å². The molecule has 0 bridgehead atoms. The van der Waals surface area contributed by atoms with Crippen LogP contribution in [-0.4, -0.2) is 23.0 Å². The third kappa shape index (κ3) is 6.86. The lowest BCUT2D eigenvalue weighted by atomic mass is 9.97. The number of rotatable bonds is 9. The Bertz CT molecular complexity index is 1460. The zero-order valence-electron chi connectivity index (χ0n) is 22.2. The monoisotopic (exact) mass is 581 g/mol. The predicted octanol–water partition coefficient (Wildman–Crippen LogP) is 7.84. The van der Waals surface area contributed by atoms with Crippen molar-refractivity contribution in [3.05, 3.63) is 111 Å². The molecule has 0 aliphatic carbocycles. The van der Waals surface area contributed by atoms with Gasteiger partial charge in [0.25, 0.3) is 0 Å². The van der Waals surface area contributed by atoms with Crippen molar-refractivity contribution in [1.82, 2.24) is 9.88 Å². The summed E-state index contributed by atoms with van der Waals surface area (Å²) in [5.41, 5.74) is 7.26. The molecule has 0 unspecified atom stereocenters. The normalized spacial score (nSPS) is 13.6. The van der Waals surface area contributed by atoms with Gasteiger partial charge in [-0.3, -0.25) is 9.88 Å². The van der Waals surface area contributed by atoms with E-state index in [1.54, 1.807) is 12.4 Å². The fraction of sp³-hybridized carbons (Fsp3) is 0.273. The Balaban J connectivity index is 1.38. The average Bonchev–Trinajstić information content (AvgIpc) is 2.98. The largest absolute Gasteiger partial charge is 0.488 e. The Morgan fingerprint density at radius 3 is 2.46 bits per heavy atom. The van der Waals surface area contributed by atoms with Crippen molar-refractivity contribution >= 4 is 15.9 Å². The second-order valence-corrected chi connectivity index (χ2v) is 10.8. The van der Waals surface area contributed by atoms with Crippen molar-refractivity contribution in [3.8, 4) is 28.7 Å². The van der Waals surface area contributed by atoms with Crippen molar-refractivity contribution in [2.75, 3.05) is 13.1 Å². The number of piperidine rings is 1. The van der Waals surface area contributed by atoms with Crippen LogP contribution in [0.25, 0.3) is 11.1 Å². The van der Waals surface area contributed by atoms with E-state index in [1.165, 1.54) is 36.0 Å². The van der Waals surface area contributed by atoms with Crippen LogP contribution in [0.15, 0.2) is 83.6 Å². The molecular formula is C33H32BrN3O2. The van der Waals surface area contributed by atoms with Gasteiger partial charge in [0.1, 0.15) is 30.8 Å². The van der Waals surface area contributed by atoms with E-state index in [0.29, 0.717) is 18.8 Å². The number of aromatic nitrogens is 1. The zero-order chi connectivity index (χ0) is 27.0. The Hall–Kier alpha value is -3.66. The van der Waals surface area contributed by atoms with Gasteiger partial charge in [-0.15, -0.1) is 0 Å². The smallest absolute Gasteiger partial charge is 0.137 e. The fourth-order valence-electron chi connectivity index (χ4n) is 5.02. The minimum Gasteiger partial charge on any atom is -0.488 e. The van der Waals surface area contributed by atoms with E-state index in [0.717, 1.165) is 52.3 Å². The summed E-state index contributed by atoms with van der Waals surface area (Å²) in [4.78, 5) is 6.65. The highest BCUT2D eigenvalue weighted by Crippen LogP contribution is 2.36. The molecule has 2 heterocycles. The molecule has 0 N–H and O–H groups in total. The number of hydrogen-bond donors (Lipinski definition) is 0. The highest BCUT2D eigenvalue weighted by atomic mass is 79.9. The van der Waals surface area contributed by atoms with Gasteiger partial charge in [0.15, 0.2) is 0 Å². The molecule has 1 aromatic heterocycles. The van der Waals surface area contributed by atoms with Gasteiger partial charge in [0, 0.05) is 36.1 Å². The summed E-state index contributed by atoms with van der Waals surface area (Å²) >= 11 is 3.76. The molecule has 0 amide bonds. The van der Waals surface area contributed by atoms with Gasteiger partial charge in [-0.1, -0.05) is 55.0 Å². The molecule has 0 atom stereocenters. The van der Waals surface area contributed by atoms with Crippen LogP contribution in [-0.2, 0) is 19.8 Å². The molecule has 1 saturated heterocycles. The van der Waals surface area contributed by atoms with Gasteiger partial charge in [0.05, 0.1) is 10.0 Å². The van der Waals surface area contributed by atoms with Crippen LogP contribution in [0, 0.1) is 18.3 Å². The van der Waals surface area contributed by atoms with Crippen LogP contribution < -0.4 is 9.47 Å². The van der Waals surface area contributed by atoms with Gasteiger partial charge in [-0.25, -0.2) is 0 Å². The van der Waals surface area contributed by atoms with Gasteiger partial charge in [-0.05, 0) is 83.2 Å². The quantitative estimate of drug-likeness (QED) is 0.201. The molecule has 198 valence electrons. The summed E-state index contributed by atoms with van der Waals surface area (Å²) in [7, 11) is 0. The minimum atomic E-state index is 0.328. The van der Waals surface area contributed by atoms with Crippen molar-refractivity contribution in [1.29, 1.82) is 5.26 Å². The minimum absolute atomic E-state index is 0.328. The molecule has 6 heteroatoms. The number of benzene rings is 3. The molecule has 4 aromatic rings. The van der Waals surface area contributed by atoms with E-state index in [1.807, 2.05) is 18.2 Å². The standard InChI is InChI=1S/C33H32BrN3O2/c1-24-28(11-8-12-30(24)27-9-4-2-5-10-27)23-39-33-17-32(38-22-26-15-25(18-35)19-36-20-26)29(16-31(33)34)21-37-13-6-3-7-14-37/h2,4-5,8-12,15-17,19-20H,3,6-7,13-14,21-23H2,1H3. The van der Waals surface area contributed by atoms with Gasteiger partial charge >= 0.3 is 0 Å². The Kier molecular flexibility index (Phi) is 8.93. The molecule has 1 aliphatic heterocycles. The molecule has 1 fully saturated rings. The predicted molar refractivity (Wildman–Crippen MR) is 158 cm³/mol. The Morgan fingerprint density at radius 1 is 0.872 bits per heavy atom. The third-order valence-electron chi connectivity index (χ3n) is 7.19. The van der Waals surface area contributed by atoms with Crippen LogP contribution in [0.4, 0.5) is 0 Å². The lowest BCUT2D eigenvalue weighted by Crippen LogP contribution is -2.29.